The van der Waals surface area contributed by atoms with Gasteiger partial charge in [-0.15, -0.1) is 0 Å². The molecule has 2 amide bonds. The maximum atomic E-state index is 12.6. The second kappa shape index (κ2) is 5.54. The van der Waals surface area contributed by atoms with Crippen molar-refractivity contribution in [2.75, 3.05) is 31.1 Å². The van der Waals surface area contributed by atoms with Crippen LogP contribution in [0.1, 0.15) is 12.0 Å². The Morgan fingerprint density at radius 2 is 1.95 bits per heavy atom. The zero-order valence-electron chi connectivity index (χ0n) is 11.6. The fraction of sp³-hybridized carbons (Fsp3) is 0.400. The van der Waals surface area contributed by atoms with E-state index in [1.807, 2.05) is 4.90 Å². The zero-order valence-corrected chi connectivity index (χ0v) is 11.6. The second-order valence-corrected chi connectivity index (χ2v) is 5.27. The fourth-order valence-corrected chi connectivity index (χ4v) is 2.90. The predicted molar refractivity (Wildman–Crippen MR) is 76.5 cm³/mol. The van der Waals surface area contributed by atoms with Crippen LogP contribution in [0.15, 0.2) is 24.3 Å². The Balaban J connectivity index is 1.73. The highest BCUT2D eigenvalue weighted by Gasteiger charge is 2.38. The number of nitrogens with one attached hydrogen (secondary N) is 1. The van der Waals surface area contributed by atoms with Crippen molar-refractivity contribution in [3.63, 3.8) is 0 Å². The molecule has 2 saturated heterocycles. The van der Waals surface area contributed by atoms with E-state index in [0.29, 0.717) is 25.2 Å². The molecule has 2 fully saturated rings. The van der Waals surface area contributed by atoms with Crippen LogP contribution in [0.2, 0.25) is 0 Å². The van der Waals surface area contributed by atoms with E-state index in [4.69, 9.17) is 5.26 Å². The molecule has 0 bridgehead atoms. The molecule has 1 aromatic rings. The zero-order chi connectivity index (χ0) is 14.8. The summed E-state index contributed by atoms with van der Waals surface area (Å²) in [4.78, 5) is 27.7. The quantitative estimate of drug-likeness (QED) is 0.835. The number of rotatable bonds is 2. The molecule has 0 radical (unpaired) electrons. The largest absolute Gasteiger partial charge is 0.354 e. The Kier molecular flexibility index (Phi) is 3.59. The summed E-state index contributed by atoms with van der Waals surface area (Å²) in [6.07, 6.45) is 0.728. The van der Waals surface area contributed by atoms with Crippen molar-refractivity contribution in [2.24, 2.45) is 0 Å². The highest BCUT2D eigenvalue weighted by molar-refractivity contribution is 5.99. The number of carbonyl (C=O) groups excluding carboxylic acids is 2. The topological polar surface area (TPSA) is 76.4 Å². The SMILES string of the molecule is N#Cc1ccc(N2CC[C@H](N3CCNC(=O)C3)C2=O)cc1. The summed E-state index contributed by atoms with van der Waals surface area (Å²) in [5.74, 6) is 0.0141. The number of hydrogen-bond donors (Lipinski definition) is 1. The number of piperazine rings is 1. The van der Waals surface area contributed by atoms with Gasteiger partial charge in [0.15, 0.2) is 0 Å². The van der Waals surface area contributed by atoms with Gasteiger partial charge in [-0.25, -0.2) is 0 Å². The van der Waals surface area contributed by atoms with Crippen LogP contribution in [0.3, 0.4) is 0 Å². The van der Waals surface area contributed by atoms with Gasteiger partial charge in [0.2, 0.25) is 11.8 Å². The van der Waals surface area contributed by atoms with E-state index < -0.39 is 0 Å². The van der Waals surface area contributed by atoms with Gasteiger partial charge in [-0.1, -0.05) is 0 Å². The minimum absolute atomic E-state index is 0.0223. The molecule has 6 heteroatoms. The molecule has 3 rings (SSSR count). The van der Waals surface area contributed by atoms with Gasteiger partial charge in [-0.2, -0.15) is 5.26 Å². The van der Waals surface area contributed by atoms with Crippen LogP contribution in [0.4, 0.5) is 5.69 Å². The number of benzene rings is 1. The van der Waals surface area contributed by atoms with Gasteiger partial charge >= 0.3 is 0 Å². The molecule has 0 unspecified atom stereocenters. The van der Waals surface area contributed by atoms with Crippen molar-refractivity contribution in [3.8, 4) is 6.07 Å². The molecule has 2 heterocycles. The lowest BCUT2D eigenvalue weighted by Gasteiger charge is -2.30. The third kappa shape index (κ3) is 2.60. The molecular formula is C15H16N4O2. The number of nitriles is 1. The van der Waals surface area contributed by atoms with Crippen LogP contribution in [-0.2, 0) is 9.59 Å². The first-order chi connectivity index (χ1) is 10.2. The number of anilines is 1. The molecule has 6 nitrogen and oxygen atoms in total. The number of carbonyl (C=O) groups is 2. The Labute approximate surface area is 122 Å². The van der Waals surface area contributed by atoms with Gasteiger partial charge in [0.1, 0.15) is 0 Å². The van der Waals surface area contributed by atoms with E-state index in [0.717, 1.165) is 12.1 Å². The fourth-order valence-electron chi connectivity index (χ4n) is 2.90. The molecular weight excluding hydrogens is 268 g/mol. The van der Waals surface area contributed by atoms with Crippen LogP contribution in [0.25, 0.3) is 0 Å². The normalized spacial score (nSPS) is 23.0. The lowest BCUT2D eigenvalue weighted by molar-refractivity contribution is -0.128. The van der Waals surface area contributed by atoms with Gasteiger partial charge in [0, 0.05) is 25.3 Å². The van der Waals surface area contributed by atoms with Crippen molar-refractivity contribution in [1.82, 2.24) is 10.2 Å². The molecule has 1 N–H and O–H groups in total. The van der Waals surface area contributed by atoms with Crippen LogP contribution in [0.5, 0.6) is 0 Å². The van der Waals surface area contributed by atoms with Crippen molar-refractivity contribution in [3.05, 3.63) is 29.8 Å². The summed E-state index contributed by atoms with van der Waals surface area (Å²) in [6.45, 7) is 2.24. The first-order valence-electron chi connectivity index (χ1n) is 7.01. The number of amides is 2. The van der Waals surface area contributed by atoms with Crippen LogP contribution in [0, 0.1) is 11.3 Å². The Hall–Kier alpha value is -2.39. The van der Waals surface area contributed by atoms with Gasteiger partial charge in [-0.3, -0.25) is 14.5 Å². The van der Waals surface area contributed by atoms with Crippen molar-refractivity contribution < 1.29 is 9.59 Å². The van der Waals surface area contributed by atoms with Crippen LogP contribution in [-0.4, -0.2) is 48.9 Å². The molecule has 21 heavy (non-hydrogen) atoms. The summed E-state index contributed by atoms with van der Waals surface area (Å²) >= 11 is 0. The average molecular weight is 284 g/mol. The van der Waals surface area contributed by atoms with E-state index in [-0.39, 0.29) is 24.4 Å². The second-order valence-electron chi connectivity index (χ2n) is 5.27. The molecule has 2 aliphatic rings. The van der Waals surface area contributed by atoms with Crippen molar-refractivity contribution in [2.45, 2.75) is 12.5 Å². The van der Waals surface area contributed by atoms with E-state index in [9.17, 15) is 9.59 Å². The van der Waals surface area contributed by atoms with Crippen LogP contribution < -0.4 is 10.2 Å². The van der Waals surface area contributed by atoms with Gasteiger partial charge < -0.3 is 10.2 Å². The molecule has 2 aliphatic heterocycles. The average Bonchev–Trinajstić information content (AvgIpc) is 2.89. The third-order valence-corrected chi connectivity index (χ3v) is 3.99. The Bertz CT molecular complexity index is 605. The number of nitrogens with zero attached hydrogens (tertiary/aromatic N) is 3. The van der Waals surface area contributed by atoms with E-state index in [1.54, 1.807) is 29.2 Å². The highest BCUT2D eigenvalue weighted by atomic mass is 16.2. The lowest BCUT2D eigenvalue weighted by Crippen LogP contribution is -2.53. The Morgan fingerprint density at radius 1 is 1.19 bits per heavy atom. The minimum Gasteiger partial charge on any atom is -0.354 e. The first kappa shape index (κ1) is 13.6. The smallest absolute Gasteiger partial charge is 0.244 e. The van der Waals surface area contributed by atoms with E-state index in [2.05, 4.69) is 11.4 Å². The molecule has 0 aromatic heterocycles. The molecule has 0 saturated carbocycles. The lowest BCUT2D eigenvalue weighted by atomic mass is 10.2. The molecule has 108 valence electrons. The van der Waals surface area contributed by atoms with Gasteiger partial charge in [0.25, 0.3) is 0 Å². The standard InChI is InChI=1S/C15H16N4O2/c16-9-11-1-3-12(4-2-11)19-7-5-13(15(19)21)18-8-6-17-14(20)10-18/h1-4,13H,5-8,10H2,(H,17,20)/t13-/m0/s1. The van der Waals surface area contributed by atoms with Crippen LogP contribution >= 0.6 is 0 Å². The van der Waals surface area contributed by atoms with Crippen molar-refractivity contribution >= 4 is 17.5 Å². The third-order valence-electron chi connectivity index (χ3n) is 3.99. The van der Waals surface area contributed by atoms with Gasteiger partial charge in [-0.05, 0) is 30.7 Å². The minimum atomic E-state index is -0.216. The maximum Gasteiger partial charge on any atom is 0.244 e. The maximum absolute atomic E-state index is 12.6. The number of hydrogen-bond acceptors (Lipinski definition) is 4. The summed E-state index contributed by atoms with van der Waals surface area (Å²) in [5, 5.41) is 11.6. The molecule has 0 aliphatic carbocycles. The molecule has 0 spiro atoms. The first-order valence-corrected chi connectivity index (χ1v) is 7.01. The monoisotopic (exact) mass is 284 g/mol. The summed E-state index contributed by atoms with van der Waals surface area (Å²) in [7, 11) is 0. The summed E-state index contributed by atoms with van der Waals surface area (Å²) in [6, 6.07) is 8.86. The molecule has 1 atom stereocenters. The molecule has 1 aromatic carbocycles. The Morgan fingerprint density at radius 3 is 2.62 bits per heavy atom. The summed E-state index contributed by atoms with van der Waals surface area (Å²) in [5.41, 5.74) is 1.39. The van der Waals surface area contributed by atoms with E-state index >= 15 is 0 Å². The van der Waals surface area contributed by atoms with E-state index in [1.165, 1.54) is 0 Å². The van der Waals surface area contributed by atoms with Gasteiger partial charge in [0.05, 0.1) is 24.2 Å². The predicted octanol–water partition coefficient (Wildman–Crippen LogP) is 0.0954. The highest BCUT2D eigenvalue weighted by Crippen LogP contribution is 2.25. The summed E-state index contributed by atoms with van der Waals surface area (Å²) < 4.78 is 0. The van der Waals surface area contributed by atoms with Crippen molar-refractivity contribution in [1.29, 1.82) is 5.26 Å².